The number of amides is 1. The number of nitriles is 1. The van der Waals surface area contributed by atoms with Crippen LogP contribution in [0, 0.1) is 39.0 Å². The molecule has 0 spiro atoms. The van der Waals surface area contributed by atoms with Crippen LogP contribution in [0.2, 0.25) is 0 Å². The molecule has 0 aliphatic carbocycles. The van der Waals surface area contributed by atoms with Crippen LogP contribution in [0.1, 0.15) is 37.5 Å². The van der Waals surface area contributed by atoms with Crippen molar-refractivity contribution in [1.82, 2.24) is 0 Å². The van der Waals surface area contributed by atoms with Gasteiger partial charge in [-0.3, -0.25) is 4.79 Å². The van der Waals surface area contributed by atoms with E-state index < -0.39 is 0 Å². The molecule has 0 unspecified atom stereocenters. The van der Waals surface area contributed by atoms with Crippen LogP contribution >= 0.6 is 11.3 Å². The van der Waals surface area contributed by atoms with Gasteiger partial charge in [0.1, 0.15) is 11.1 Å². The van der Waals surface area contributed by atoms with Crippen LogP contribution in [-0.4, -0.2) is 5.91 Å². The van der Waals surface area contributed by atoms with E-state index in [0.717, 1.165) is 21.6 Å². The molecule has 0 aliphatic heterocycles. The summed E-state index contributed by atoms with van der Waals surface area (Å²) < 4.78 is 0. The Kier molecular flexibility index (Phi) is 3.91. The molecular formula is C16H16N2OS. The fourth-order valence-corrected chi connectivity index (χ4v) is 3.01. The molecule has 20 heavy (non-hydrogen) atoms. The van der Waals surface area contributed by atoms with Gasteiger partial charge in [-0.2, -0.15) is 5.26 Å². The lowest BCUT2D eigenvalue weighted by atomic mass is 10.1. The van der Waals surface area contributed by atoms with Gasteiger partial charge >= 0.3 is 0 Å². The quantitative estimate of drug-likeness (QED) is 0.902. The van der Waals surface area contributed by atoms with Gasteiger partial charge in [0, 0.05) is 10.4 Å². The molecule has 1 heterocycles. The SMILES string of the molecule is Cc1ccc(C)c(C(=O)Nc2sc(C)c(C)c2C#N)c1. The first kappa shape index (κ1) is 14.3. The first-order valence-electron chi connectivity index (χ1n) is 6.32. The summed E-state index contributed by atoms with van der Waals surface area (Å²) in [5.41, 5.74) is 4.12. The van der Waals surface area contributed by atoms with Gasteiger partial charge in [0.25, 0.3) is 5.91 Å². The summed E-state index contributed by atoms with van der Waals surface area (Å²) in [6.07, 6.45) is 0. The first-order valence-corrected chi connectivity index (χ1v) is 7.14. The summed E-state index contributed by atoms with van der Waals surface area (Å²) >= 11 is 1.44. The normalized spacial score (nSPS) is 10.2. The van der Waals surface area contributed by atoms with Gasteiger partial charge < -0.3 is 5.32 Å². The van der Waals surface area contributed by atoms with Crippen LogP contribution in [-0.2, 0) is 0 Å². The second-order valence-electron chi connectivity index (χ2n) is 4.87. The number of nitrogens with zero attached hydrogens (tertiary/aromatic N) is 1. The standard InChI is InChI=1S/C16H16N2OS/c1-9-5-6-10(2)13(7-9)15(19)18-16-14(8-17)11(3)12(4)20-16/h5-7H,1-4H3,(H,18,19). The number of anilines is 1. The monoisotopic (exact) mass is 284 g/mol. The van der Waals surface area contributed by atoms with Crippen molar-refractivity contribution in [3.05, 3.63) is 50.9 Å². The summed E-state index contributed by atoms with van der Waals surface area (Å²) in [5, 5.41) is 12.7. The number of rotatable bonds is 2. The number of carbonyl (C=O) groups excluding carboxylic acids is 1. The summed E-state index contributed by atoms with van der Waals surface area (Å²) in [4.78, 5) is 13.4. The molecule has 0 bridgehead atoms. The number of nitrogens with one attached hydrogen (secondary N) is 1. The smallest absolute Gasteiger partial charge is 0.256 e. The van der Waals surface area contributed by atoms with E-state index in [1.54, 1.807) is 0 Å². The predicted molar refractivity (Wildman–Crippen MR) is 82.4 cm³/mol. The van der Waals surface area contributed by atoms with Gasteiger partial charge in [-0.05, 0) is 44.9 Å². The highest BCUT2D eigenvalue weighted by atomic mass is 32.1. The molecule has 1 amide bonds. The molecule has 3 nitrogen and oxygen atoms in total. The van der Waals surface area contributed by atoms with E-state index in [4.69, 9.17) is 0 Å². The van der Waals surface area contributed by atoms with E-state index in [1.165, 1.54) is 11.3 Å². The van der Waals surface area contributed by atoms with E-state index in [1.807, 2.05) is 45.9 Å². The maximum Gasteiger partial charge on any atom is 0.256 e. The lowest BCUT2D eigenvalue weighted by Crippen LogP contribution is -2.13. The topological polar surface area (TPSA) is 52.9 Å². The Bertz CT molecular complexity index is 723. The third-order valence-corrected chi connectivity index (χ3v) is 4.48. The highest BCUT2D eigenvalue weighted by Crippen LogP contribution is 2.32. The van der Waals surface area contributed by atoms with Crippen LogP contribution in [0.25, 0.3) is 0 Å². The number of hydrogen-bond acceptors (Lipinski definition) is 3. The minimum Gasteiger partial charge on any atom is -0.312 e. The van der Waals surface area contributed by atoms with Gasteiger partial charge in [0.2, 0.25) is 0 Å². The summed E-state index contributed by atoms with van der Waals surface area (Å²) in [7, 11) is 0. The number of aryl methyl sites for hydroxylation is 3. The van der Waals surface area contributed by atoms with Crippen LogP contribution in [0.4, 0.5) is 5.00 Å². The minimum absolute atomic E-state index is 0.163. The van der Waals surface area contributed by atoms with Crippen molar-refractivity contribution in [2.24, 2.45) is 0 Å². The maximum absolute atomic E-state index is 12.4. The Morgan fingerprint density at radius 3 is 2.60 bits per heavy atom. The fraction of sp³-hybridized carbons (Fsp3) is 0.250. The Labute approximate surface area is 122 Å². The average molecular weight is 284 g/mol. The molecule has 0 radical (unpaired) electrons. The molecular weight excluding hydrogens is 268 g/mol. The summed E-state index contributed by atoms with van der Waals surface area (Å²) in [6.45, 7) is 7.72. The van der Waals surface area contributed by atoms with Crippen molar-refractivity contribution >= 4 is 22.2 Å². The molecule has 2 aromatic rings. The van der Waals surface area contributed by atoms with Gasteiger partial charge in [0.15, 0.2) is 0 Å². The Balaban J connectivity index is 2.36. The number of thiophene rings is 1. The minimum atomic E-state index is -0.163. The molecule has 0 atom stereocenters. The van der Waals surface area contributed by atoms with Crippen LogP contribution in [0.5, 0.6) is 0 Å². The molecule has 0 saturated carbocycles. The van der Waals surface area contributed by atoms with Gasteiger partial charge in [-0.15, -0.1) is 11.3 Å². The number of benzene rings is 1. The lowest BCUT2D eigenvalue weighted by molar-refractivity contribution is 0.102. The van der Waals surface area contributed by atoms with Crippen molar-refractivity contribution in [1.29, 1.82) is 5.26 Å². The average Bonchev–Trinajstić information content (AvgIpc) is 2.67. The number of hydrogen-bond donors (Lipinski definition) is 1. The van der Waals surface area contributed by atoms with Gasteiger partial charge in [-0.25, -0.2) is 0 Å². The van der Waals surface area contributed by atoms with Crippen LogP contribution in [0.3, 0.4) is 0 Å². The van der Waals surface area contributed by atoms with E-state index >= 15 is 0 Å². The Morgan fingerprint density at radius 1 is 1.25 bits per heavy atom. The molecule has 2 rings (SSSR count). The molecule has 1 N–H and O–H groups in total. The van der Waals surface area contributed by atoms with Crippen LogP contribution < -0.4 is 5.32 Å². The maximum atomic E-state index is 12.4. The molecule has 1 aromatic carbocycles. The lowest BCUT2D eigenvalue weighted by Gasteiger charge is -2.07. The molecule has 4 heteroatoms. The summed E-state index contributed by atoms with van der Waals surface area (Å²) in [5.74, 6) is -0.163. The highest BCUT2D eigenvalue weighted by Gasteiger charge is 2.16. The van der Waals surface area contributed by atoms with E-state index in [-0.39, 0.29) is 5.91 Å². The molecule has 0 saturated heterocycles. The Hall–Kier alpha value is -2.12. The highest BCUT2D eigenvalue weighted by molar-refractivity contribution is 7.16. The molecule has 0 aliphatic rings. The van der Waals surface area contributed by atoms with Crippen molar-refractivity contribution in [2.75, 3.05) is 5.32 Å². The van der Waals surface area contributed by atoms with E-state index in [9.17, 15) is 10.1 Å². The van der Waals surface area contributed by atoms with Crippen LogP contribution in [0.15, 0.2) is 18.2 Å². The molecule has 1 aromatic heterocycles. The van der Waals surface area contributed by atoms with Gasteiger partial charge in [-0.1, -0.05) is 17.7 Å². The third-order valence-electron chi connectivity index (χ3n) is 3.36. The zero-order valence-corrected chi connectivity index (χ0v) is 12.8. The second-order valence-corrected chi connectivity index (χ2v) is 6.10. The molecule has 0 fully saturated rings. The zero-order valence-electron chi connectivity index (χ0n) is 12.0. The van der Waals surface area contributed by atoms with Crippen molar-refractivity contribution < 1.29 is 4.79 Å². The second kappa shape index (κ2) is 5.48. The fourth-order valence-electron chi connectivity index (χ4n) is 2.00. The van der Waals surface area contributed by atoms with Crippen molar-refractivity contribution in [2.45, 2.75) is 27.7 Å². The predicted octanol–water partition coefficient (Wildman–Crippen LogP) is 4.11. The first-order chi connectivity index (χ1) is 9.43. The largest absolute Gasteiger partial charge is 0.312 e. The number of carbonyl (C=O) groups is 1. The van der Waals surface area contributed by atoms with E-state index in [2.05, 4.69) is 11.4 Å². The van der Waals surface area contributed by atoms with Gasteiger partial charge in [0.05, 0.1) is 5.56 Å². The third kappa shape index (κ3) is 2.59. The zero-order chi connectivity index (χ0) is 14.9. The Morgan fingerprint density at radius 2 is 1.95 bits per heavy atom. The van der Waals surface area contributed by atoms with E-state index in [0.29, 0.717) is 16.1 Å². The molecule has 102 valence electrons. The van der Waals surface area contributed by atoms with Crippen molar-refractivity contribution in [3.63, 3.8) is 0 Å². The van der Waals surface area contributed by atoms with Crippen molar-refractivity contribution in [3.8, 4) is 6.07 Å². The summed E-state index contributed by atoms with van der Waals surface area (Å²) in [6, 6.07) is 7.94.